The number of hydrogen-bond donors (Lipinski definition) is 0. The molecule has 1 unspecified atom stereocenters. The topological polar surface area (TPSA) is 80.8 Å². The summed E-state index contributed by atoms with van der Waals surface area (Å²) in [6.45, 7) is 2.68. The van der Waals surface area contributed by atoms with Crippen molar-refractivity contribution in [3.05, 3.63) is 54.6 Å². The lowest BCUT2D eigenvalue weighted by Crippen LogP contribution is -2.39. The van der Waals surface area contributed by atoms with Crippen molar-refractivity contribution in [2.45, 2.75) is 35.6 Å². The molecular weight excluding hydrogens is 386 g/mol. The zero-order valence-corrected chi connectivity index (χ0v) is 16.7. The van der Waals surface area contributed by atoms with E-state index in [1.54, 1.807) is 30.3 Å². The summed E-state index contributed by atoms with van der Waals surface area (Å²) >= 11 is 0. The number of ether oxygens (including phenoxy) is 1. The normalized spacial score (nSPS) is 18.5. The molecule has 6 nitrogen and oxygen atoms in total. The number of nitrogens with zero attached hydrogens (tertiary/aromatic N) is 1. The van der Waals surface area contributed by atoms with Crippen molar-refractivity contribution in [3.63, 3.8) is 0 Å². The molecule has 2 aromatic rings. The quantitative estimate of drug-likeness (QED) is 0.702. The van der Waals surface area contributed by atoms with Gasteiger partial charge in [0.15, 0.2) is 9.84 Å². The average molecular weight is 410 g/mol. The molecular formula is C19H23NO5S2. The summed E-state index contributed by atoms with van der Waals surface area (Å²) in [5, 5.41) is 0. The molecule has 1 fully saturated rings. The third kappa shape index (κ3) is 4.34. The molecule has 0 aromatic heterocycles. The molecule has 1 heterocycles. The molecule has 1 aliphatic rings. The summed E-state index contributed by atoms with van der Waals surface area (Å²) < 4.78 is 58.1. The molecule has 0 radical (unpaired) electrons. The van der Waals surface area contributed by atoms with E-state index in [9.17, 15) is 16.8 Å². The van der Waals surface area contributed by atoms with Gasteiger partial charge in [0.05, 0.1) is 22.2 Å². The van der Waals surface area contributed by atoms with Gasteiger partial charge in [-0.2, -0.15) is 4.31 Å². The van der Waals surface area contributed by atoms with Crippen LogP contribution in [0, 0.1) is 0 Å². The standard InChI is InChI=1S/C19H23NO5S2/c1-2-25-17-10-12-19(13-11-17)27(23,24)20-14-6-7-16(20)15-26(21,22)18-8-4-3-5-9-18/h3-5,8-13,16H,2,6-7,14-15H2,1H3. The van der Waals surface area contributed by atoms with Gasteiger partial charge in [-0.05, 0) is 56.2 Å². The Balaban J connectivity index is 1.83. The maximum absolute atomic E-state index is 13.0. The lowest BCUT2D eigenvalue weighted by Gasteiger charge is -2.24. The van der Waals surface area contributed by atoms with Crippen molar-refractivity contribution in [2.75, 3.05) is 18.9 Å². The molecule has 0 aliphatic carbocycles. The first kappa shape index (κ1) is 19.9. The molecule has 0 bridgehead atoms. The van der Waals surface area contributed by atoms with Gasteiger partial charge in [-0.25, -0.2) is 16.8 Å². The number of sulfonamides is 1. The van der Waals surface area contributed by atoms with Gasteiger partial charge < -0.3 is 4.74 Å². The Morgan fingerprint density at radius 3 is 2.26 bits per heavy atom. The van der Waals surface area contributed by atoms with Crippen molar-refractivity contribution in [1.29, 1.82) is 0 Å². The van der Waals surface area contributed by atoms with Crippen LogP contribution in [0.5, 0.6) is 5.75 Å². The Labute approximate surface area is 160 Å². The fourth-order valence-electron chi connectivity index (χ4n) is 3.28. The molecule has 1 atom stereocenters. The maximum atomic E-state index is 13.0. The van der Waals surface area contributed by atoms with Gasteiger partial charge >= 0.3 is 0 Å². The van der Waals surface area contributed by atoms with E-state index < -0.39 is 25.9 Å². The first-order chi connectivity index (χ1) is 12.8. The van der Waals surface area contributed by atoms with E-state index in [4.69, 9.17) is 4.74 Å². The van der Waals surface area contributed by atoms with E-state index in [0.29, 0.717) is 31.7 Å². The Bertz CT molecular complexity index is 971. The first-order valence-corrected chi connectivity index (χ1v) is 12.0. The third-order valence-corrected chi connectivity index (χ3v) is 8.36. The van der Waals surface area contributed by atoms with Crippen LogP contribution in [0.25, 0.3) is 0 Å². The summed E-state index contributed by atoms with van der Waals surface area (Å²) in [5.41, 5.74) is 0. The molecule has 1 saturated heterocycles. The number of hydrogen-bond acceptors (Lipinski definition) is 5. The van der Waals surface area contributed by atoms with Crippen molar-refractivity contribution in [3.8, 4) is 5.75 Å². The van der Waals surface area contributed by atoms with Crippen LogP contribution in [0.4, 0.5) is 0 Å². The molecule has 8 heteroatoms. The Kier molecular flexibility index (Phi) is 5.88. The van der Waals surface area contributed by atoms with Gasteiger partial charge in [-0.1, -0.05) is 18.2 Å². The van der Waals surface area contributed by atoms with Gasteiger partial charge in [0.2, 0.25) is 10.0 Å². The summed E-state index contributed by atoms with van der Waals surface area (Å²) in [6, 6.07) is 13.8. The van der Waals surface area contributed by atoms with Crippen molar-refractivity contribution < 1.29 is 21.6 Å². The molecule has 27 heavy (non-hydrogen) atoms. The fourth-order valence-corrected chi connectivity index (χ4v) is 6.68. The largest absolute Gasteiger partial charge is 0.494 e. The number of benzene rings is 2. The lowest BCUT2D eigenvalue weighted by atomic mass is 10.3. The van der Waals surface area contributed by atoms with E-state index in [1.165, 1.54) is 28.6 Å². The smallest absolute Gasteiger partial charge is 0.243 e. The van der Waals surface area contributed by atoms with Gasteiger partial charge in [0.25, 0.3) is 0 Å². The van der Waals surface area contributed by atoms with Gasteiger partial charge in [-0.3, -0.25) is 0 Å². The minimum Gasteiger partial charge on any atom is -0.494 e. The summed E-state index contributed by atoms with van der Waals surface area (Å²) in [4.78, 5) is 0.366. The highest BCUT2D eigenvalue weighted by atomic mass is 32.2. The van der Waals surface area contributed by atoms with Crippen LogP contribution in [0.1, 0.15) is 19.8 Å². The second kappa shape index (κ2) is 8.00. The van der Waals surface area contributed by atoms with E-state index in [1.807, 2.05) is 6.92 Å². The molecule has 146 valence electrons. The monoisotopic (exact) mass is 409 g/mol. The predicted octanol–water partition coefficient (Wildman–Crippen LogP) is 2.71. The molecule has 3 rings (SSSR count). The van der Waals surface area contributed by atoms with E-state index in [-0.39, 0.29) is 15.5 Å². The van der Waals surface area contributed by atoms with E-state index in [2.05, 4.69) is 0 Å². The van der Waals surface area contributed by atoms with Gasteiger partial charge in [0.1, 0.15) is 5.75 Å². The number of sulfone groups is 1. The highest BCUT2D eigenvalue weighted by Gasteiger charge is 2.38. The van der Waals surface area contributed by atoms with Crippen LogP contribution in [0.2, 0.25) is 0 Å². The van der Waals surface area contributed by atoms with Crippen LogP contribution in [0.15, 0.2) is 64.4 Å². The highest BCUT2D eigenvalue weighted by Crippen LogP contribution is 2.29. The molecule has 0 spiro atoms. The minimum atomic E-state index is -3.76. The number of rotatable bonds is 7. The zero-order chi connectivity index (χ0) is 19.5. The van der Waals surface area contributed by atoms with Crippen LogP contribution in [-0.4, -0.2) is 46.1 Å². The first-order valence-electron chi connectivity index (χ1n) is 8.87. The molecule has 0 saturated carbocycles. The highest BCUT2D eigenvalue weighted by molar-refractivity contribution is 7.91. The van der Waals surface area contributed by atoms with Crippen LogP contribution in [0.3, 0.4) is 0 Å². The maximum Gasteiger partial charge on any atom is 0.243 e. The van der Waals surface area contributed by atoms with Crippen LogP contribution < -0.4 is 4.74 Å². The lowest BCUT2D eigenvalue weighted by molar-refractivity contribution is 0.340. The summed E-state index contributed by atoms with van der Waals surface area (Å²) in [6.07, 6.45) is 1.17. The predicted molar refractivity (Wildman–Crippen MR) is 103 cm³/mol. The molecule has 1 aliphatic heterocycles. The molecule has 2 aromatic carbocycles. The Morgan fingerprint density at radius 2 is 1.63 bits per heavy atom. The Morgan fingerprint density at radius 1 is 0.963 bits per heavy atom. The summed E-state index contributed by atoms with van der Waals surface area (Å²) in [5.74, 6) is 0.383. The second-order valence-electron chi connectivity index (χ2n) is 6.41. The van der Waals surface area contributed by atoms with Gasteiger partial charge in [0, 0.05) is 12.6 Å². The molecule has 0 amide bonds. The second-order valence-corrected chi connectivity index (χ2v) is 10.3. The van der Waals surface area contributed by atoms with Crippen molar-refractivity contribution >= 4 is 19.9 Å². The average Bonchev–Trinajstić information content (AvgIpc) is 3.11. The fraction of sp³-hybridized carbons (Fsp3) is 0.368. The van der Waals surface area contributed by atoms with Crippen molar-refractivity contribution in [2.24, 2.45) is 0 Å². The Hall–Kier alpha value is -1.90. The minimum absolute atomic E-state index is 0.148. The third-order valence-electron chi connectivity index (χ3n) is 4.58. The molecule has 0 N–H and O–H groups in total. The van der Waals surface area contributed by atoms with E-state index >= 15 is 0 Å². The van der Waals surface area contributed by atoms with Crippen LogP contribution >= 0.6 is 0 Å². The van der Waals surface area contributed by atoms with Crippen molar-refractivity contribution in [1.82, 2.24) is 4.31 Å². The summed E-state index contributed by atoms with van der Waals surface area (Å²) in [7, 11) is -7.32. The zero-order valence-electron chi connectivity index (χ0n) is 15.1. The SMILES string of the molecule is CCOc1ccc(S(=O)(=O)N2CCCC2CS(=O)(=O)c2ccccc2)cc1. The van der Waals surface area contributed by atoms with E-state index in [0.717, 1.165) is 0 Å². The van der Waals surface area contributed by atoms with Crippen LogP contribution in [-0.2, 0) is 19.9 Å². The van der Waals surface area contributed by atoms with Gasteiger partial charge in [-0.15, -0.1) is 0 Å².